The highest BCUT2D eigenvalue weighted by Gasteiger charge is 2.11. The summed E-state index contributed by atoms with van der Waals surface area (Å²) >= 11 is 0. The first kappa shape index (κ1) is 10.4. The molecule has 0 radical (unpaired) electrons. The number of benzene rings is 1. The SMILES string of the molecule is O=C(O)C=Cc1ccc(C2CN=CN2)cc1. The molecule has 0 bridgehead atoms. The number of carboxylic acids is 1. The molecule has 0 aliphatic carbocycles. The summed E-state index contributed by atoms with van der Waals surface area (Å²) in [4.78, 5) is 14.4. The van der Waals surface area contributed by atoms with Crippen LogP contribution in [0.1, 0.15) is 17.2 Å². The van der Waals surface area contributed by atoms with Crippen molar-refractivity contribution in [2.75, 3.05) is 6.54 Å². The minimum absolute atomic E-state index is 0.248. The third kappa shape index (κ3) is 2.48. The quantitative estimate of drug-likeness (QED) is 0.752. The first-order chi connectivity index (χ1) is 7.75. The Morgan fingerprint density at radius 3 is 2.75 bits per heavy atom. The molecular formula is C12H12N2O2. The Kier molecular flexibility index (Phi) is 3.00. The van der Waals surface area contributed by atoms with Crippen LogP contribution in [0.2, 0.25) is 0 Å². The van der Waals surface area contributed by atoms with E-state index in [-0.39, 0.29) is 6.04 Å². The van der Waals surface area contributed by atoms with E-state index >= 15 is 0 Å². The molecule has 1 aliphatic heterocycles. The molecular weight excluding hydrogens is 204 g/mol. The van der Waals surface area contributed by atoms with Crippen LogP contribution >= 0.6 is 0 Å². The maximum absolute atomic E-state index is 10.3. The molecule has 2 N–H and O–H groups in total. The second-order valence-corrected chi connectivity index (χ2v) is 3.55. The fourth-order valence-corrected chi connectivity index (χ4v) is 1.56. The summed E-state index contributed by atoms with van der Waals surface area (Å²) in [6.45, 7) is 0.754. The summed E-state index contributed by atoms with van der Waals surface area (Å²) in [5.74, 6) is -0.935. The van der Waals surface area contributed by atoms with Gasteiger partial charge in [-0.15, -0.1) is 0 Å². The van der Waals surface area contributed by atoms with E-state index in [0.29, 0.717) is 0 Å². The lowest BCUT2D eigenvalue weighted by Gasteiger charge is -2.09. The first-order valence-corrected chi connectivity index (χ1v) is 5.01. The lowest BCUT2D eigenvalue weighted by atomic mass is 10.1. The van der Waals surface area contributed by atoms with E-state index in [4.69, 9.17) is 5.11 Å². The molecule has 4 heteroatoms. The fourth-order valence-electron chi connectivity index (χ4n) is 1.56. The summed E-state index contributed by atoms with van der Waals surface area (Å²) in [7, 11) is 0. The second kappa shape index (κ2) is 4.61. The topological polar surface area (TPSA) is 61.7 Å². The van der Waals surface area contributed by atoms with Crippen LogP contribution in [0.5, 0.6) is 0 Å². The second-order valence-electron chi connectivity index (χ2n) is 3.55. The van der Waals surface area contributed by atoms with E-state index in [1.54, 1.807) is 12.4 Å². The highest BCUT2D eigenvalue weighted by Crippen LogP contribution is 2.16. The van der Waals surface area contributed by atoms with Crippen molar-refractivity contribution in [1.82, 2.24) is 5.32 Å². The van der Waals surface area contributed by atoms with Crippen LogP contribution in [0.15, 0.2) is 35.3 Å². The molecule has 0 amide bonds. The van der Waals surface area contributed by atoms with Gasteiger partial charge in [-0.2, -0.15) is 0 Å². The number of nitrogens with one attached hydrogen (secondary N) is 1. The third-order valence-electron chi connectivity index (χ3n) is 2.41. The Morgan fingerprint density at radius 2 is 2.19 bits per heavy atom. The lowest BCUT2D eigenvalue weighted by Crippen LogP contribution is -2.15. The van der Waals surface area contributed by atoms with Gasteiger partial charge in [0.2, 0.25) is 0 Å². The van der Waals surface area contributed by atoms with Crippen LogP contribution in [0.4, 0.5) is 0 Å². The van der Waals surface area contributed by atoms with Gasteiger partial charge in [-0.3, -0.25) is 4.99 Å². The van der Waals surface area contributed by atoms with Crippen molar-refractivity contribution in [3.63, 3.8) is 0 Å². The van der Waals surface area contributed by atoms with Crippen LogP contribution in [0, 0.1) is 0 Å². The van der Waals surface area contributed by atoms with Gasteiger partial charge < -0.3 is 10.4 Å². The van der Waals surface area contributed by atoms with Crippen LogP contribution < -0.4 is 5.32 Å². The van der Waals surface area contributed by atoms with E-state index in [1.165, 1.54) is 0 Å². The molecule has 4 nitrogen and oxygen atoms in total. The molecule has 0 spiro atoms. The van der Waals surface area contributed by atoms with Crippen molar-refractivity contribution in [3.05, 3.63) is 41.5 Å². The Hall–Kier alpha value is -2.10. The number of carboxylic acid groups (broad SMARTS) is 1. The van der Waals surface area contributed by atoms with Crippen molar-refractivity contribution in [2.45, 2.75) is 6.04 Å². The molecule has 0 saturated heterocycles. The number of hydrogen-bond donors (Lipinski definition) is 2. The first-order valence-electron chi connectivity index (χ1n) is 5.01. The van der Waals surface area contributed by atoms with Crippen LogP contribution in [-0.2, 0) is 4.79 Å². The average Bonchev–Trinajstić information content (AvgIpc) is 2.80. The summed E-state index contributed by atoms with van der Waals surface area (Å²) < 4.78 is 0. The molecule has 2 rings (SSSR count). The Morgan fingerprint density at radius 1 is 1.44 bits per heavy atom. The molecule has 1 aromatic carbocycles. The highest BCUT2D eigenvalue weighted by atomic mass is 16.4. The number of carbonyl (C=O) groups is 1. The van der Waals surface area contributed by atoms with Crippen LogP contribution in [0.3, 0.4) is 0 Å². The standard InChI is InChI=1S/C12H12N2O2/c15-12(16)6-3-9-1-4-10(5-2-9)11-7-13-8-14-11/h1-6,8,11H,7H2,(H,13,14)(H,15,16). The summed E-state index contributed by atoms with van der Waals surface area (Å²) in [5, 5.41) is 11.6. The van der Waals surface area contributed by atoms with Crippen LogP contribution in [-0.4, -0.2) is 24.0 Å². The van der Waals surface area contributed by atoms with Gasteiger partial charge in [-0.25, -0.2) is 4.79 Å². The molecule has 16 heavy (non-hydrogen) atoms. The predicted molar refractivity (Wildman–Crippen MR) is 62.3 cm³/mol. The largest absolute Gasteiger partial charge is 0.478 e. The lowest BCUT2D eigenvalue weighted by molar-refractivity contribution is -0.131. The van der Waals surface area contributed by atoms with E-state index in [1.807, 2.05) is 24.3 Å². The number of aliphatic carboxylic acids is 1. The number of rotatable bonds is 3. The van der Waals surface area contributed by atoms with E-state index < -0.39 is 5.97 Å². The monoisotopic (exact) mass is 216 g/mol. The Balaban J connectivity index is 2.07. The highest BCUT2D eigenvalue weighted by molar-refractivity contribution is 5.85. The van der Waals surface area contributed by atoms with Crippen molar-refractivity contribution < 1.29 is 9.90 Å². The number of hydrogen-bond acceptors (Lipinski definition) is 3. The summed E-state index contributed by atoms with van der Waals surface area (Å²) in [5.41, 5.74) is 2.04. The summed E-state index contributed by atoms with van der Waals surface area (Å²) in [6.07, 6.45) is 4.42. The third-order valence-corrected chi connectivity index (χ3v) is 2.41. The molecule has 0 fully saturated rings. The van der Waals surface area contributed by atoms with Gasteiger partial charge in [0.25, 0.3) is 0 Å². The molecule has 1 unspecified atom stereocenters. The average molecular weight is 216 g/mol. The molecule has 82 valence electrons. The minimum Gasteiger partial charge on any atom is -0.478 e. The van der Waals surface area contributed by atoms with Gasteiger partial charge in [-0.1, -0.05) is 24.3 Å². The summed E-state index contributed by atoms with van der Waals surface area (Å²) in [6, 6.07) is 8.00. The van der Waals surface area contributed by atoms with Gasteiger partial charge in [0.05, 0.1) is 18.9 Å². The molecule has 1 aromatic rings. The molecule has 1 aliphatic rings. The van der Waals surface area contributed by atoms with E-state index in [0.717, 1.165) is 23.7 Å². The van der Waals surface area contributed by atoms with Gasteiger partial charge >= 0.3 is 5.97 Å². The zero-order valence-corrected chi connectivity index (χ0v) is 8.63. The predicted octanol–water partition coefficient (Wildman–Crippen LogP) is 1.46. The van der Waals surface area contributed by atoms with Gasteiger partial charge in [-0.05, 0) is 17.2 Å². The fraction of sp³-hybridized carbons (Fsp3) is 0.167. The number of nitrogens with zero attached hydrogens (tertiary/aromatic N) is 1. The van der Waals surface area contributed by atoms with E-state index in [2.05, 4.69) is 10.3 Å². The minimum atomic E-state index is -0.935. The van der Waals surface area contributed by atoms with Crippen molar-refractivity contribution in [1.29, 1.82) is 0 Å². The van der Waals surface area contributed by atoms with Gasteiger partial charge in [0.1, 0.15) is 0 Å². The van der Waals surface area contributed by atoms with Crippen molar-refractivity contribution in [2.24, 2.45) is 4.99 Å². The zero-order chi connectivity index (χ0) is 11.4. The number of aliphatic imine (C=N–C) groups is 1. The Bertz CT molecular complexity index is 427. The normalized spacial score (nSPS) is 18.9. The zero-order valence-electron chi connectivity index (χ0n) is 8.63. The van der Waals surface area contributed by atoms with Crippen molar-refractivity contribution >= 4 is 18.4 Å². The molecule has 1 heterocycles. The maximum atomic E-state index is 10.3. The maximum Gasteiger partial charge on any atom is 0.328 e. The molecule has 1 atom stereocenters. The van der Waals surface area contributed by atoms with E-state index in [9.17, 15) is 4.79 Å². The van der Waals surface area contributed by atoms with Crippen LogP contribution in [0.25, 0.3) is 6.08 Å². The molecule has 0 saturated carbocycles. The smallest absolute Gasteiger partial charge is 0.328 e. The van der Waals surface area contributed by atoms with Gasteiger partial charge in [0, 0.05) is 6.08 Å². The Labute approximate surface area is 93.3 Å². The molecule has 0 aromatic heterocycles. The van der Waals surface area contributed by atoms with Crippen molar-refractivity contribution in [3.8, 4) is 0 Å². The van der Waals surface area contributed by atoms with Gasteiger partial charge in [0.15, 0.2) is 0 Å².